The number of likely N-dealkylation sites (tertiary alicyclic amines) is 1. The highest BCUT2D eigenvalue weighted by molar-refractivity contribution is 5.76. The Labute approximate surface area is 128 Å². The van der Waals surface area contributed by atoms with Gasteiger partial charge in [0.2, 0.25) is 5.91 Å². The Morgan fingerprint density at radius 1 is 1.33 bits per heavy atom. The van der Waals surface area contributed by atoms with Gasteiger partial charge >= 0.3 is 6.09 Å². The SMILES string of the molecule is CCCC(=O)N1CC[C@@H](C)[C@H](CNC(=O)OC(C)(C)C)C1. The lowest BCUT2D eigenvalue weighted by Gasteiger charge is -2.37. The summed E-state index contributed by atoms with van der Waals surface area (Å²) in [5.74, 6) is 1.03. The van der Waals surface area contributed by atoms with E-state index >= 15 is 0 Å². The molecule has 2 atom stereocenters. The van der Waals surface area contributed by atoms with E-state index in [1.807, 2.05) is 32.6 Å². The van der Waals surface area contributed by atoms with Crippen LogP contribution in [0.4, 0.5) is 4.79 Å². The zero-order valence-corrected chi connectivity index (χ0v) is 14.1. The van der Waals surface area contributed by atoms with Gasteiger partial charge in [0.25, 0.3) is 0 Å². The molecule has 1 N–H and O–H groups in total. The standard InChI is InChI=1S/C16H30N2O3/c1-6-7-14(19)18-9-8-12(2)13(11-18)10-17-15(20)21-16(3,4)5/h12-13H,6-11H2,1-5H3,(H,17,20)/t12-,13-/m1/s1. The van der Waals surface area contributed by atoms with E-state index < -0.39 is 5.60 Å². The molecule has 1 saturated heterocycles. The highest BCUT2D eigenvalue weighted by Gasteiger charge is 2.29. The Kier molecular flexibility index (Phi) is 6.49. The van der Waals surface area contributed by atoms with Gasteiger partial charge in [-0.15, -0.1) is 0 Å². The quantitative estimate of drug-likeness (QED) is 0.868. The fourth-order valence-corrected chi connectivity index (χ4v) is 2.54. The van der Waals surface area contributed by atoms with E-state index in [2.05, 4.69) is 12.2 Å². The van der Waals surface area contributed by atoms with Crippen LogP contribution < -0.4 is 5.32 Å². The number of nitrogens with zero attached hydrogens (tertiary/aromatic N) is 1. The van der Waals surface area contributed by atoms with Crippen LogP contribution in [0.5, 0.6) is 0 Å². The molecule has 21 heavy (non-hydrogen) atoms. The number of hydrogen-bond donors (Lipinski definition) is 1. The van der Waals surface area contributed by atoms with Gasteiger partial charge in [0, 0.05) is 26.1 Å². The first-order valence-electron chi connectivity index (χ1n) is 7.97. The van der Waals surface area contributed by atoms with Gasteiger partial charge in [-0.05, 0) is 45.4 Å². The Morgan fingerprint density at radius 2 is 2.00 bits per heavy atom. The Balaban J connectivity index is 2.45. The molecular formula is C16H30N2O3. The van der Waals surface area contributed by atoms with Crippen molar-refractivity contribution in [2.45, 2.75) is 59.5 Å². The Bertz CT molecular complexity index is 363. The number of carbonyl (C=O) groups is 2. The van der Waals surface area contributed by atoms with Crippen molar-refractivity contribution in [2.24, 2.45) is 11.8 Å². The average Bonchev–Trinajstić information content (AvgIpc) is 2.36. The molecular weight excluding hydrogens is 268 g/mol. The lowest BCUT2D eigenvalue weighted by atomic mass is 9.87. The van der Waals surface area contributed by atoms with E-state index in [-0.39, 0.29) is 12.0 Å². The molecule has 0 aliphatic carbocycles. The molecule has 0 unspecified atom stereocenters. The molecule has 1 rings (SSSR count). The van der Waals surface area contributed by atoms with Crippen molar-refractivity contribution in [1.82, 2.24) is 10.2 Å². The van der Waals surface area contributed by atoms with E-state index in [4.69, 9.17) is 4.74 Å². The van der Waals surface area contributed by atoms with Crippen LogP contribution in [-0.4, -0.2) is 42.1 Å². The van der Waals surface area contributed by atoms with Gasteiger partial charge in [0.1, 0.15) is 5.60 Å². The average molecular weight is 298 g/mol. The fourth-order valence-electron chi connectivity index (χ4n) is 2.54. The third-order valence-electron chi connectivity index (χ3n) is 3.84. The second-order valence-corrected chi connectivity index (χ2v) is 7.00. The van der Waals surface area contributed by atoms with Gasteiger partial charge in [-0.3, -0.25) is 4.79 Å². The molecule has 1 heterocycles. The second-order valence-electron chi connectivity index (χ2n) is 7.00. The molecule has 5 heteroatoms. The number of nitrogens with one attached hydrogen (secondary N) is 1. The van der Waals surface area contributed by atoms with Crippen LogP contribution >= 0.6 is 0 Å². The van der Waals surface area contributed by atoms with Gasteiger partial charge in [-0.2, -0.15) is 0 Å². The van der Waals surface area contributed by atoms with Crippen LogP contribution in [0.1, 0.15) is 53.9 Å². The minimum atomic E-state index is -0.481. The second kappa shape index (κ2) is 7.66. The van der Waals surface area contributed by atoms with Gasteiger partial charge in [0.05, 0.1) is 0 Å². The summed E-state index contributed by atoms with van der Waals surface area (Å²) >= 11 is 0. The molecule has 1 aliphatic heterocycles. The first-order chi connectivity index (χ1) is 9.73. The summed E-state index contributed by atoms with van der Waals surface area (Å²) in [7, 11) is 0. The zero-order chi connectivity index (χ0) is 16.0. The maximum Gasteiger partial charge on any atom is 0.407 e. The molecule has 5 nitrogen and oxygen atoms in total. The summed E-state index contributed by atoms with van der Waals surface area (Å²) in [6.45, 7) is 11.9. The van der Waals surface area contributed by atoms with Crippen molar-refractivity contribution in [3.05, 3.63) is 0 Å². The van der Waals surface area contributed by atoms with Crippen LogP contribution in [-0.2, 0) is 9.53 Å². The van der Waals surface area contributed by atoms with Crippen molar-refractivity contribution in [3.8, 4) is 0 Å². The summed E-state index contributed by atoms with van der Waals surface area (Å²) in [4.78, 5) is 25.6. The first-order valence-corrected chi connectivity index (χ1v) is 7.97. The smallest absolute Gasteiger partial charge is 0.407 e. The van der Waals surface area contributed by atoms with Crippen LogP contribution in [0.2, 0.25) is 0 Å². The molecule has 0 spiro atoms. The lowest BCUT2D eigenvalue weighted by molar-refractivity contribution is -0.133. The Morgan fingerprint density at radius 3 is 2.57 bits per heavy atom. The zero-order valence-electron chi connectivity index (χ0n) is 14.1. The van der Waals surface area contributed by atoms with Crippen LogP contribution in [0.15, 0.2) is 0 Å². The molecule has 2 amide bonds. The summed E-state index contributed by atoms with van der Waals surface area (Å²) in [5.41, 5.74) is -0.481. The number of alkyl carbamates (subject to hydrolysis) is 1. The topological polar surface area (TPSA) is 58.6 Å². The largest absolute Gasteiger partial charge is 0.444 e. The van der Waals surface area contributed by atoms with Crippen molar-refractivity contribution in [1.29, 1.82) is 0 Å². The van der Waals surface area contributed by atoms with Crippen molar-refractivity contribution in [3.63, 3.8) is 0 Å². The van der Waals surface area contributed by atoms with Gasteiger partial charge < -0.3 is 15.0 Å². The predicted molar refractivity (Wildman–Crippen MR) is 83.0 cm³/mol. The molecule has 0 saturated carbocycles. The maximum absolute atomic E-state index is 12.0. The minimum Gasteiger partial charge on any atom is -0.444 e. The van der Waals surface area contributed by atoms with Gasteiger partial charge in [-0.1, -0.05) is 13.8 Å². The van der Waals surface area contributed by atoms with Gasteiger partial charge in [0.15, 0.2) is 0 Å². The number of carbonyl (C=O) groups excluding carboxylic acids is 2. The summed E-state index contributed by atoms with van der Waals surface area (Å²) < 4.78 is 5.25. The van der Waals surface area contributed by atoms with Crippen molar-refractivity contribution in [2.75, 3.05) is 19.6 Å². The molecule has 0 bridgehead atoms. The summed E-state index contributed by atoms with van der Waals surface area (Å²) in [5, 5.41) is 2.83. The third-order valence-corrected chi connectivity index (χ3v) is 3.84. The van der Waals surface area contributed by atoms with E-state index in [9.17, 15) is 9.59 Å². The van der Waals surface area contributed by atoms with E-state index in [1.165, 1.54) is 0 Å². The number of rotatable bonds is 4. The fraction of sp³-hybridized carbons (Fsp3) is 0.875. The number of piperidine rings is 1. The molecule has 1 fully saturated rings. The van der Waals surface area contributed by atoms with E-state index in [0.717, 1.165) is 25.9 Å². The molecule has 1 aliphatic rings. The monoisotopic (exact) mass is 298 g/mol. The number of hydrogen-bond acceptors (Lipinski definition) is 3. The summed E-state index contributed by atoms with van der Waals surface area (Å²) in [6, 6.07) is 0. The van der Waals surface area contributed by atoms with E-state index in [1.54, 1.807) is 0 Å². The van der Waals surface area contributed by atoms with Crippen LogP contribution in [0, 0.1) is 11.8 Å². The van der Waals surface area contributed by atoms with Crippen LogP contribution in [0.25, 0.3) is 0 Å². The highest BCUT2D eigenvalue weighted by Crippen LogP contribution is 2.23. The number of ether oxygens (including phenoxy) is 1. The minimum absolute atomic E-state index is 0.228. The molecule has 0 aromatic heterocycles. The summed E-state index contributed by atoms with van der Waals surface area (Å²) in [6.07, 6.45) is 2.11. The van der Waals surface area contributed by atoms with Crippen molar-refractivity contribution >= 4 is 12.0 Å². The highest BCUT2D eigenvalue weighted by atomic mass is 16.6. The maximum atomic E-state index is 12.0. The molecule has 0 aromatic rings. The molecule has 122 valence electrons. The molecule has 0 radical (unpaired) electrons. The van der Waals surface area contributed by atoms with Crippen molar-refractivity contribution < 1.29 is 14.3 Å². The molecule has 0 aromatic carbocycles. The normalized spacial score (nSPS) is 22.8. The third kappa shape index (κ3) is 6.36. The van der Waals surface area contributed by atoms with E-state index in [0.29, 0.717) is 24.8 Å². The lowest BCUT2D eigenvalue weighted by Crippen LogP contribution is -2.47. The predicted octanol–water partition coefficient (Wildman–Crippen LogP) is 2.80. The Hall–Kier alpha value is -1.26. The first kappa shape index (κ1) is 17.8. The van der Waals surface area contributed by atoms with Gasteiger partial charge in [-0.25, -0.2) is 4.79 Å². The number of amides is 2. The van der Waals surface area contributed by atoms with Crippen LogP contribution in [0.3, 0.4) is 0 Å².